The molecule has 1 aromatic heterocycles. The maximum atomic E-state index is 5.74. The topological polar surface area (TPSA) is 57.4 Å². The van der Waals surface area contributed by atoms with Gasteiger partial charge < -0.3 is 15.2 Å². The molecule has 0 amide bonds. The minimum Gasteiger partial charge on any atom is -0.476 e. The zero-order valence-electron chi connectivity index (χ0n) is 9.89. The summed E-state index contributed by atoms with van der Waals surface area (Å²) in [5, 5.41) is 0. The number of pyridine rings is 1. The first-order valence-electron chi connectivity index (χ1n) is 5.52. The van der Waals surface area contributed by atoms with E-state index in [-0.39, 0.29) is 0 Å². The van der Waals surface area contributed by atoms with Crippen LogP contribution >= 0.6 is 22.6 Å². The molecule has 2 N–H and O–H groups in total. The van der Waals surface area contributed by atoms with Crippen LogP contribution in [0.5, 0.6) is 17.5 Å². The highest BCUT2D eigenvalue weighted by molar-refractivity contribution is 14.1. The van der Waals surface area contributed by atoms with Gasteiger partial charge in [0.15, 0.2) is 0 Å². The average molecular weight is 356 g/mol. The zero-order chi connectivity index (χ0) is 13.0. The first-order valence-corrected chi connectivity index (χ1v) is 6.59. The van der Waals surface area contributed by atoms with Gasteiger partial charge in [-0.25, -0.2) is 0 Å². The molecule has 0 aliphatic rings. The summed E-state index contributed by atoms with van der Waals surface area (Å²) in [6.45, 7) is 2.40. The van der Waals surface area contributed by atoms with Crippen molar-refractivity contribution in [1.29, 1.82) is 0 Å². The van der Waals surface area contributed by atoms with E-state index in [1.54, 1.807) is 12.1 Å². The van der Waals surface area contributed by atoms with Gasteiger partial charge >= 0.3 is 0 Å². The molecule has 0 saturated heterocycles. The van der Waals surface area contributed by atoms with Gasteiger partial charge in [-0.2, -0.15) is 4.98 Å². The van der Waals surface area contributed by atoms with Crippen LogP contribution in [0, 0.1) is 3.57 Å². The molecule has 0 saturated carbocycles. The van der Waals surface area contributed by atoms with Crippen LogP contribution in [0.1, 0.15) is 6.92 Å². The number of nitrogen functional groups attached to an aromatic ring is 1. The maximum Gasteiger partial charge on any atom is 0.240 e. The smallest absolute Gasteiger partial charge is 0.240 e. The molecule has 1 heterocycles. The maximum absolute atomic E-state index is 5.74. The summed E-state index contributed by atoms with van der Waals surface area (Å²) in [6, 6.07) is 11.2. The average Bonchev–Trinajstić information content (AvgIpc) is 2.37. The van der Waals surface area contributed by atoms with Gasteiger partial charge in [-0.15, -0.1) is 0 Å². The van der Waals surface area contributed by atoms with Crippen LogP contribution in [0.2, 0.25) is 0 Å². The van der Waals surface area contributed by atoms with Crippen molar-refractivity contribution in [1.82, 2.24) is 4.98 Å². The van der Waals surface area contributed by atoms with E-state index in [1.165, 1.54) is 0 Å². The van der Waals surface area contributed by atoms with Crippen LogP contribution in [-0.4, -0.2) is 11.6 Å². The first kappa shape index (κ1) is 12.9. The second-order valence-electron chi connectivity index (χ2n) is 3.53. The quantitative estimate of drug-likeness (QED) is 0.853. The molecule has 0 bridgehead atoms. The molecular weight excluding hydrogens is 343 g/mol. The van der Waals surface area contributed by atoms with Gasteiger partial charge in [0.1, 0.15) is 5.75 Å². The Labute approximate surface area is 119 Å². The number of rotatable bonds is 4. The van der Waals surface area contributed by atoms with Crippen molar-refractivity contribution in [3.05, 3.63) is 40.0 Å². The van der Waals surface area contributed by atoms with Crippen molar-refractivity contribution >= 4 is 28.3 Å². The Bertz CT molecular complexity index is 529. The summed E-state index contributed by atoms with van der Waals surface area (Å²) in [5.41, 5.74) is 6.25. The van der Waals surface area contributed by atoms with Crippen molar-refractivity contribution in [3.63, 3.8) is 0 Å². The van der Waals surface area contributed by atoms with E-state index in [2.05, 4.69) is 27.6 Å². The molecule has 1 aromatic carbocycles. The standard InChI is InChI=1S/C13H13IN2O2/c1-2-17-13-11(15)7-8-12(16-13)18-10-5-3-9(14)4-6-10/h3-8H,2,15H2,1H3. The van der Waals surface area contributed by atoms with Crippen LogP contribution < -0.4 is 15.2 Å². The van der Waals surface area contributed by atoms with Gasteiger partial charge in [-0.05, 0) is 59.8 Å². The van der Waals surface area contributed by atoms with Crippen LogP contribution in [0.4, 0.5) is 5.69 Å². The van der Waals surface area contributed by atoms with Crippen molar-refractivity contribution in [2.45, 2.75) is 6.92 Å². The molecule has 0 aliphatic carbocycles. The summed E-state index contributed by atoms with van der Waals surface area (Å²) in [5.74, 6) is 1.60. The van der Waals surface area contributed by atoms with Crippen LogP contribution in [-0.2, 0) is 0 Å². The van der Waals surface area contributed by atoms with Gasteiger partial charge in [0.25, 0.3) is 0 Å². The Morgan fingerprint density at radius 2 is 1.89 bits per heavy atom. The number of nitrogens with two attached hydrogens (primary N) is 1. The molecule has 0 aliphatic heterocycles. The monoisotopic (exact) mass is 356 g/mol. The Balaban J connectivity index is 2.18. The molecule has 2 rings (SSSR count). The Kier molecular flexibility index (Phi) is 4.24. The van der Waals surface area contributed by atoms with E-state index < -0.39 is 0 Å². The third-order valence-corrected chi connectivity index (χ3v) is 2.90. The third kappa shape index (κ3) is 3.25. The number of nitrogens with zero attached hydrogens (tertiary/aromatic N) is 1. The number of benzene rings is 1. The van der Waals surface area contributed by atoms with E-state index >= 15 is 0 Å². The Morgan fingerprint density at radius 1 is 1.17 bits per heavy atom. The summed E-state index contributed by atoms with van der Waals surface area (Å²) in [7, 11) is 0. The fourth-order valence-corrected chi connectivity index (χ4v) is 1.73. The predicted octanol–water partition coefficient (Wildman–Crippen LogP) is 3.46. The van der Waals surface area contributed by atoms with E-state index in [9.17, 15) is 0 Å². The van der Waals surface area contributed by atoms with Gasteiger partial charge in [-0.1, -0.05) is 0 Å². The minimum absolute atomic E-state index is 0.403. The largest absolute Gasteiger partial charge is 0.476 e. The number of ether oxygens (including phenoxy) is 2. The summed E-state index contributed by atoms with van der Waals surface area (Å²) in [4.78, 5) is 4.21. The van der Waals surface area contributed by atoms with Gasteiger partial charge in [0.05, 0.1) is 12.3 Å². The summed E-state index contributed by atoms with van der Waals surface area (Å²) >= 11 is 2.24. The number of hydrogen-bond acceptors (Lipinski definition) is 4. The van der Waals surface area contributed by atoms with E-state index in [4.69, 9.17) is 15.2 Å². The zero-order valence-corrected chi connectivity index (χ0v) is 12.0. The molecule has 2 aromatic rings. The van der Waals surface area contributed by atoms with Crippen molar-refractivity contribution in [3.8, 4) is 17.5 Å². The summed E-state index contributed by atoms with van der Waals surface area (Å²) in [6.07, 6.45) is 0. The van der Waals surface area contributed by atoms with Gasteiger partial charge in [-0.3, -0.25) is 0 Å². The number of halogens is 1. The second-order valence-corrected chi connectivity index (χ2v) is 4.78. The normalized spacial score (nSPS) is 10.1. The predicted molar refractivity (Wildman–Crippen MR) is 79.1 cm³/mol. The van der Waals surface area contributed by atoms with E-state index in [0.717, 1.165) is 9.32 Å². The third-order valence-electron chi connectivity index (χ3n) is 2.18. The molecule has 4 nitrogen and oxygen atoms in total. The fourth-order valence-electron chi connectivity index (χ4n) is 1.37. The Hall–Kier alpha value is -1.50. The molecule has 94 valence electrons. The lowest BCUT2D eigenvalue weighted by molar-refractivity contribution is 0.323. The van der Waals surface area contributed by atoms with Crippen molar-refractivity contribution < 1.29 is 9.47 Å². The highest BCUT2D eigenvalue weighted by Gasteiger charge is 2.05. The van der Waals surface area contributed by atoms with Gasteiger partial charge in [0.2, 0.25) is 11.8 Å². The second kappa shape index (κ2) is 5.90. The number of hydrogen-bond donors (Lipinski definition) is 1. The first-order chi connectivity index (χ1) is 8.69. The fraction of sp³-hybridized carbons (Fsp3) is 0.154. The van der Waals surface area contributed by atoms with Crippen molar-refractivity contribution in [2.75, 3.05) is 12.3 Å². The molecule has 0 unspecified atom stereocenters. The molecule has 5 heteroatoms. The molecule has 0 atom stereocenters. The lowest BCUT2D eigenvalue weighted by atomic mass is 10.3. The van der Waals surface area contributed by atoms with Gasteiger partial charge in [0, 0.05) is 9.64 Å². The lowest BCUT2D eigenvalue weighted by Gasteiger charge is -2.09. The number of aromatic nitrogens is 1. The van der Waals surface area contributed by atoms with E-state index in [1.807, 2.05) is 31.2 Å². The molecule has 0 spiro atoms. The van der Waals surface area contributed by atoms with Crippen LogP contribution in [0.25, 0.3) is 0 Å². The van der Waals surface area contributed by atoms with E-state index in [0.29, 0.717) is 24.1 Å². The minimum atomic E-state index is 0.403. The van der Waals surface area contributed by atoms with Crippen LogP contribution in [0.3, 0.4) is 0 Å². The molecule has 0 radical (unpaired) electrons. The summed E-state index contributed by atoms with van der Waals surface area (Å²) < 4.78 is 12.1. The lowest BCUT2D eigenvalue weighted by Crippen LogP contribution is -2.00. The highest BCUT2D eigenvalue weighted by atomic mass is 127. The highest BCUT2D eigenvalue weighted by Crippen LogP contribution is 2.26. The molecular formula is C13H13IN2O2. The van der Waals surface area contributed by atoms with Crippen LogP contribution in [0.15, 0.2) is 36.4 Å². The molecule has 18 heavy (non-hydrogen) atoms. The molecule has 0 fully saturated rings. The Morgan fingerprint density at radius 3 is 2.56 bits per heavy atom. The van der Waals surface area contributed by atoms with Crippen molar-refractivity contribution in [2.24, 2.45) is 0 Å². The number of anilines is 1. The SMILES string of the molecule is CCOc1nc(Oc2ccc(I)cc2)ccc1N.